The number of hydrogen-bond acceptors (Lipinski definition) is 3. The zero-order chi connectivity index (χ0) is 11.0. The van der Waals surface area contributed by atoms with E-state index in [1.165, 1.54) is 12.8 Å². The van der Waals surface area contributed by atoms with Crippen molar-refractivity contribution in [3.05, 3.63) is 0 Å². The van der Waals surface area contributed by atoms with Gasteiger partial charge >= 0.3 is 5.97 Å². The summed E-state index contributed by atoms with van der Waals surface area (Å²) in [6.45, 7) is 2.87. The lowest BCUT2D eigenvalue weighted by atomic mass is 9.97. The van der Waals surface area contributed by atoms with Crippen molar-refractivity contribution in [3.63, 3.8) is 0 Å². The first kappa shape index (κ1) is 10.9. The third kappa shape index (κ3) is 1.88. The van der Waals surface area contributed by atoms with Crippen LogP contribution in [0.2, 0.25) is 0 Å². The molecule has 3 atom stereocenters. The lowest BCUT2D eigenvalue weighted by molar-refractivity contribution is -0.141. The Morgan fingerprint density at radius 1 is 1.53 bits per heavy atom. The van der Waals surface area contributed by atoms with Crippen LogP contribution in [0.4, 0.5) is 0 Å². The summed E-state index contributed by atoms with van der Waals surface area (Å²) >= 11 is 0. The summed E-state index contributed by atoms with van der Waals surface area (Å²) in [4.78, 5) is 13.6. The number of likely N-dealkylation sites (tertiary alicyclic amines) is 1. The molecule has 1 aliphatic carbocycles. The van der Waals surface area contributed by atoms with Crippen molar-refractivity contribution in [2.45, 2.75) is 44.3 Å². The molecule has 1 saturated heterocycles. The van der Waals surface area contributed by atoms with Crippen LogP contribution in [-0.2, 0) is 4.79 Å². The van der Waals surface area contributed by atoms with E-state index in [1.54, 1.807) is 0 Å². The second-order valence-corrected chi connectivity index (χ2v) is 4.66. The zero-order valence-electron chi connectivity index (χ0n) is 9.44. The van der Waals surface area contributed by atoms with Crippen LogP contribution in [0.25, 0.3) is 0 Å². The van der Waals surface area contributed by atoms with Crippen molar-refractivity contribution in [1.29, 1.82) is 0 Å². The lowest BCUT2D eigenvalue weighted by Crippen LogP contribution is -2.44. The molecule has 4 nitrogen and oxygen atoms in total. The van der Waals surface area contributed by atoms with E-state index < -0.39 is 5.97 Å². The van der Waals surface area contributed by atoms with Crippen LogP contribution in [0.15, 0.2) is 0 Å². The molecule has 1 saturated carbocycles. The summed E-state index contributed by atoms with van der Waals surface area (Å²) in [7, 11) is 1.87. The van der Waals surface area contributed by atoms with Gasteiger partial charge in [0, 0.05) is 24.7 Å². The monoisotopic (exact) mass is 212 g/mol. The van der Waals surface area contributed by atoms with Crippen molar-refractivity contribution >= 4 is 5.97 Å². The standard InChI is InChI=1S/C11H20N2O2/c1-3-9-10(12-2)8(11(14)15)6-13(9)7-4-5-7/h7-10,12H,3-6H2,1-2H3,(H,14,15). The van der Waals surface area contributed by atoms with Crippen molar-refractivity contribution in [2.75, 3.05) is 13.6 Å². The van der Waals surface area contributed by atoms with E-state index in [1.807, 2.05) is 7.05 Å². The highest BCUT2D eigenvalue weighted by atomic mass is 16.4. The number of carboxylic acid groups (broad SMARTS) is 1. The van der Waals surface area contributed by atoms with Gasteiger partial charge in [-0.3, -0.25) is 9.69 Å². The molecular formula is C11H20N2O2. The maximum Gasteiger partial charge on any atom is 0.309 e. The topological polar surface area (TPSA) is 52.6 Å². The Morgan fingerprint density at radius 3 is 2.60 bits per heavy atom. The molecule has 2 N–H and O–H groups in total. The molecule has 4 heteroatoms. The number of rotatable bonds is 4. The summed E-state index contributed by atoms with van der Waals surface area (Å²) in [5.74, 6) is -0.892. The normalized spacial score (nSPS) is 37.1. The fraction of sp³-hybridized carbons (Fsp3) is 0.909. The molecule has 0 spiro atoms. The Labute approximate surface area is 90.6 Å². The molecule has 1 aliphatic heterocycles. The minimum absolute atomic E-state index is 0.119. The number of carboxylic acids is 1. The molecule has 0 amide bonds. The van der Waals surface area contributed by atoms with Gasteiger partial charge in [0.25, 0.3) is 0 Å². The van der Waals surface area contributed by atoms with Gasteiger partial charge in [-0.25, -0.2) is 0 Å². The van der Waals surface area contributed by atoms with Crippen molar-refractivity contribution < 1.29 is 9.90 Å². The number of nitrogens with zero attached hydrogens (tertiary/aromatic N) is 1. The fourth-order valence-electron chi connectivity index (χ4n) is 2.89. The van der Waals surface area contributed by atoms with Gasteiger partial charge in [-0.15, -0.1) is 0 Å². The van der Waals surface area contributed by atoms with E-state index in [-0.39, 0.29) is 12.0 Å². The van der Waals surface area contributed by atoms with E-state index in [0.29, 0.717) is 12.1 Å². The molecule has 15 heavy (non-hydrogen) atoms. The molecule has 0 radical (unpaired) electrons. The van der Waals surface area contributed by atoms with E-state index in [2.05, 4.69) is 17.1 Å². The number of carbonyl (C=O) groups is 1. The van der Waals surface area contributed by atoms with Gasteiger partial charge in [0.05, 0.1) is 5.92 Å². The first-order valence-corrected chi connectivity index (χ1v) is 5.84. The van der Waals surface area contributed by atoms with Crippen molar-refractivity contribution in [3.8, 4) is 0 Å². The Kier molecular flexibility index (Phi) is 2.98. The molecule has 0 bridgehead atoms. The maximum absolute atomic E-state index is 11.2. The Bertz CT molecular complexity index is 253. The molecule has 2 fully saturated rings. The van der Waals surface area contributed by atoms with Gasteiger partial charge in [0.1, 0.15) is 0 Å². The molecule has 2 rings (SSSR count). The summed E-state index contributed by atoms with van der Waals surface area (Å²) in [5, 5.41) is 12.4. The smallest absolute Gasteiger partial charge is 0.309 e. The first-order chi connectivity index (χ1) is 7.19. The minimum atomic E-state index is -0.657. The van der Waals surface area contributed by atoms with E-state index in [9.17, 15) is 9.90 Å². The van der Waals surface area contributed by atoms with Crippen LogP contribution < -0.4 is 5.32 Å². The van der Waals surface area contributed by atoms with Gasteiger partial charge in [0.2, 0.25) is 0 Å². The minimum Gasteiger partial charge on any atom is -0.481 e. The molecule has 0 aromatic rings. The Morgan fingerprint density at radius 2 is 2.20 bits per heavy atom. The number of hydrogen-bond donors (Lipinski definition) is 2. The average Bonchev–Trinajstić information content (AvgIpc) is 2.97. The van der Waals surface area contributed by atoms with Gasteiger partial charge in [-0.2, -0.15) is 0 Å². The highest BCUT2D eigenvalue weighted by Crippen LogP contribution is 2.36. The van der Waals surface area contributed by atoms with Crippen LogP contribution in [0.3, 0.4) is 0 Å². The van der Waals surface area contributed by atoms with Gasteiger partial charge in [0.15, 0.2) is 0 Å². The summed E-state index contributed by atoms with van der Waals surface area (Å²) in [6, 6.07) is 1.19. The largest absolute Gasteiger partial charge is 0.481 e. The van der Waals surface area contributed by atoms with Gasteiger partial charge in [-0.05, 0) is 26.3 Å². The second-order valence-electron chi connectivity index (χ2n) is 4.66. The van der Waals surface area contributed by atoms with E-state index in [0.717, 1.165) is 13.0 Å². The molecule has 1 heterocycles. The molecule has 2 aliphatic rings. The van der Waals surface area contributed by atoms with E-state index in [4.69, 9.17) is 0 Å². The Balaban J connectivity index is 2.12. The SMILES string of the molecule is CCC1C(NC)C(C(=O)O)CN1C1CC1. The third-order valence-corrected chi connectivity index (χ3v) is 3.77. The molecule has 0 aromatic carbocycles. The van der Waals surface area contributed by atoms with Gasteiger partial charge in [-0.1, -0.05) is 6.92 Å². The summed E-state index contributed by atoms with van der Waals surface area (Å²) in [6.07, 6.45) is 3.53. The van der Waals surface area contributed by atoms with Crippen LogP contribution in [0.5, 0.6) is 0 Å². The molecule has 0 aromatic heterocycles. The lowest BCUT2D eigenvalue weighted by Gasteiger charge is -2.26. The molecule has 3 unspecified atom stereocenters. The summed E-state index contributed by atoms with van der Waals surface area (Å²) in [5.41, 5.74) is 0. The predicted octanol–water partition coefficient (Wildman–Crippen LogP) is 0.532. The van der Waals surface area contributed by atoms with Gasteiger partial charge < -0.3 is 10.4 Å². The highest BCUT2D eigenvalue weighted by molar-refractivity contribution is 5.72. The fourth-order valence-corrected chi connectivity index (χ4v) is 2.89. The maximum atomic E-state index is 11.2. The second kappa shape index (κ2) is 4.10. The first-order valence-electron chi connectivity index (χ1n) is 5.84. The molecular weight excluding hydrogens is 192 g/mol. The van der Waals surface area contributed by atoms with Crippen LogP contribution in [0.1, 0.15) is 26.2 Å². The van der Waals surface area contributed by atoms with Crippen LogP contribution in [-0.4, -0.2) is 47.7 Å². The third-order valence-electron chi connectivity index (χ3n) is 3.77. The zero-order valence-corrected chi connectivity index (χ0v) is 9.44. The van der Waals surface area contributed by atoms with Crippen LogP contribution in [0, 0.1) is 5.92 Å². The van der Waals surface area contributed by atoms with E-state index >= 15 is 0 Å². The summed E-state index contributed by atoms with van der Waals surface area (Å²) < 4.78 is 0. The number of likely N-dealkylation sites (N-methyl/N-ethyl adjacent to an activating group) is 1. The van der Waals surface area contributed by atoms with Crippen LogP contribution >= 0.6 is 0 Å². The number of aliphatic carboxylic acids is 1. The van der Waals surface area contributed by atoms with Crippen molar-refractivity contribution in [2.24, 2.45) is 5.92 Å². The Hall–Kier alpha value is -0.610. The molecule has 86 valence electrons. The average molecular weight is 212 g/mol. The van der Waals surface area contributed by atoms with Crippen molar-refractivity contribution in [1.82, 2.24) is 10.2 Å². The number of nitrogens with one attached hydrogen (secondary N) is 1. The quantitative estimate of drug-likeness (QED) is 0.714. The highest BCUT2D eigenvalue weighted by Gasteiger charge is 2.48. The predicted molar refractivity (Wildman–Crippen MR) is 57.8 cm³/mol.